The van der Waals surface area contributed by atoms with Crippen molar-refractivity contribution >= 4 is 0 Å². The Morgan fingerprint density at radius 1 is 0.920 bits per heavy atom. The zero-order valence-electron chi connectivity index (χ0n) is 13.1. The normalized spacial score (nSPS) is 11.5. The monoisotopic (exact) mass is 344 g/mol. The molecule has 6 heteroatoms. The van der Waals surface area contributed by atoms with Crippen LogP contribution in [-0.4, -0.2) is 10.1 Å². The number of phenolic OH excluding ortho intramolecular Hbond substituents is 1. The van der Waals surface area contributed by atoms with Gasteiger partial charge in [0.2, 0.25) is 0 Å². The van der Waals surface area contributed by atoms with Gasteiger partial charge in [-0.2, -0.15) is 13.2 Å². The summed E-state index contributed by atoms with van der Waals surface area (Å²) in [6.45, 7) is 0.252. The van der Waals surface area contributed by atoms with E-state index in [9.17, 15) is 18.3 Å². The third kappa shape index (κ3) is 3.64. The molecule has 0 spiro atoms. The van der Waals surface area contributed by atoms with Gasteiger partial charge >= 0.3 is 6.18 Å². The van der Waals surface area contributed by atoms with Crippen LogP contribution in [-0.2, 0) is 12.7 Å². The second kappa shape index (κ2) is 6.57. The summed E-state index contributed by atoms with van der Waals surface area (Å²) in [5, 5.41) is 10.2. The molecule has 128 valence electrons. The van der Waals surface area contributed by atoms with Gasteiger partial charge in [-0.05, 0) is 53.1 Å². The molecular formula is C19H15F3N2O. The molecule has 25 heavy (non-hydrogen) atoms. The first-order chi connectivity index (χ1) is 11.9. The SMILES string of the molecule is NCc1cc(-c2cc(-c3cccc(C(F)(F)F)c3)ccc2O)ccn1. The predicted octanol–water partition coefficient (Wildman–Crippen LogP) is 4.60. The van der Waals surface area contributed by atoms with Gasteiger partial charge in [-0.3, -0.25) is 4.98 Å². The van der Waals surface area contributed by atoms with Crippen LogP contribution < -0.4 is 5.73 Å². The summed E-state index contributed by atoms with van der Waals surface area (Å²) in [5.74, 6) is 0.0323. The fraction of sp³-hybridized carbons (Fsp3) is 0.105. The predicted molar refractivity (Wildman–Crippen MR) is 89.7 cm³/mol. The Kier molecular flexibility index (Phi) is 4.46. The van der Waals surface area contributed by atoms with Crippen LogP contribution >= 0.6 is 0 Å². The summed E-state index contributed by atoms with van der Waals surface area (Å²) in [6.07, 6.45) is -2.83. The minimum Gasteiger partial charge on any atom is -0.507 e. The number of pyridine rings is 1. The quantitative estimate of drug-likeness (QED) is 0.730. The maximum absolute atomic E-state index is 12.9. The highest BCUT2D eigenvalue weighted by Crippen LogP contribution is 2.36. The van der Waals surface area contributed by atoms with Gasteiger partial charge < -0.3 is 10.8 Å². The van der Waals surface area contributed by atoms with Crippen LogP contribution in [0.3, 0.4) is 0 Å². The Morgan fingerprint density at radius 3 is 2.40 bits per heavy atom. The molecule has 3 N–H and O–H groups in total. The topological polar surface area (TPSA) is 59.1 Å². The van der Waals surface area contributed by atoms with Gasteiger partial charge in [0.1, 0.15) is 5.75 Å². The zero-order valence-corrected chi connectivity index (χ0v) is 13.1. The molecule has 0 atom stereocenters. The Labute approximate surface area is 142 Å². The largest absolute Gasteiger partial charge is 0.507 e. The summed E-state index contributed by atoms with van der Waals surface area (Å²) in [5.41, 5.74) is 7.72. The van der Waals surface area contributed by atoms with Crippen molar-refractivity contribution in [1.82, 2.24) is 4.98 Å². The molecule has 0 radical (unpaired) electrons. The van der Waals surface area contributed by atoms with Gasteiger partial charge in [-0.15, -0.1) is 0 Å². The summed E-state index contributed by atoms with van der Waals surface area (Å²) < 4.78 is 38.7. The van der Waals surface area contributed by atoms with Crippen molar-refractivity contribution in [3.63, 3.8) is 0 Å². The highest BCUT2D eigenvalue weighted by Gasteiger charge is 2.30. The standard InChI is InChI=1S/C19H15F3N2O/c20-19(21,22)15-3-1-2-12(8-15)13-4-5-18(25)17(10-13)14-6-7-24-16(9-14)11-23/h1-10,25H,11,23H2. The minimum absolute atomic E-state index is 0.0323. The van der Waals surface area contributed by atoms with E-state index in [0.29, 0.717) is 27.9 Å². The van der Waals surface area contributed by atoms with Gasteiger partial charge in [-0.25, -0.2) is 0 Å². The Bertz CT molecular complexity index is 907. The number of nitrogens with zero attached hydrogens (tertiary/aromatic N) is 1. The molecule has 3 nitrogen and oxygen atoms in total. The van der Waals surface area contributed by atoms with Crippen molar-refractivity contribution in [2.75, 3.05) is 0 Å². The maximum atomic E-state index is 12.9. The average Bonchev–Trinajstić information content (AvgIpc) is 2.61. The van der Waals surface area contributed by atoms with Crippen LogP contribution in [0.25, 0.3) is 22.3 Å². The lowest BCUT2D eigenvalue weighted by atomic mass is 9.97. The van der Waals surface area contributed by atoms with E-state index in [1.54, 1.807) is 36.5 Å². The fourth-order valence-corrected chi connectivity index (χ4v) is 2.58. The molecule has 3 rings (SSSR count). The summed E-state index contributed by atoms with van der Waals surface area (Å²) in [7, 11) is 0. The van der Waals surface area contributed by atoms with Crippen LogP contribution in [0.15, 0.2) is 60.8 Å². The minimum atomic E-state index is -4.41. The molecule has 0 saturated carbocycles. The summed E-state index contributed by atoms with van der Waals surface area (Å²) in [6, 6.07) is 13.2. The van der Waals surface area contributed by atoms with Crippen LogP contribution in [0.2, 0.25) is 0 Å². The first-order valence-corrected chi connectivity index (χ1v) is 7.54. The van der Waals surface area contributed by atoms with E-state index in [1.807, 2.05) is 0 Å². The second-order valence-corrected chi connectivity index (χ2v) is 5.55. The summed E-state index contributed by atoms with van der Waals surface area (Å²) >= 11 is 0. The van der Waals surface area contributed by atoms with Crippen LogP contribution in [0, 0.1) is 0 Å². The number of halogens is 3. The highest BCUT2D eigenvalue weighted by atomic mass is 19.4. The molecule has 0 aliphatic rings. The van der Waals surface area contributed by atoms with Gasteiger partial charge in [0.05, 0.1) is 11.3 Å². The smallest absolute Gasteiger partial charge is 0.416 e. The third-order valence-corrected chi connectivity index (χ3v) is 3.86. The molecule has 0 unspecified atom stereocenters. The first kappa shape index (κ1) is 17.0. The molecule has 0 aliphatic heterocycles. The van der Waals surface area contributed by atoms with E-state index in [2.05, 4.69) is 4.98 Å². The lowest BCUT2D eigenvalue weighted by Gasteiger charge is -2.11. The van der Waals surface area contributed by atoms with Crippen molar-refractivity contribution in [2.45, 2.75) is 12.7 Å². The molecule has 0 fully saturated rings. The van der Waals surface area contributed by atoms with Gasteiger partial charge in [-0.1, -0.05) is 18.2 Å². The second-order valence-electron chi connectivity index (χ2n) is 5.55. The van der Waals surface area contributed by atoms with E-state index in [1.165, 1.54) is 12.1 Å². The molecule has 0 amide bonds. The number of nitrogens with two attached hydrogens (primary N) is 1. The van der Waals surface area contributed by atoms with Crippen molar-refractivity contribution in [3.05, 3.63) is 72.1 Å². The van der Waals surface area contributed by atoms with Crippen molar-refractivity contribution in [2.24, 2.45) is 5.73 Å². The molecule has 1 aromatic heterocycles. The van der Waals surface area contributed by atoms with E-state index >= 15 is 0 Å². The van der Waals surface area contributed by atoms with Crippen LogP contribution in [0.1, 0.15) is 11.3 Å². The van der Waals surface area contributed by atoms with E-state index in [4.69, 9.17) is 5.73 Å². The zero-order chi connectivity index (χ0) is 18.0. The molecule has 0 bridgehead atoms. The lowest BCUT2D eigenvalue weighted by Crippen LogP contribution is -2.04. The number of aromatic nitrogens is 1. The number of rotatable bonds is 3. The number of phenols is 1. The van der Waals surface area contributed by atoms with E-state index in [-0.39, 0.29) is 12.3 Å². The third-order valence-electron chi connectivity index (χ3n) is 3.86. The maximum Gasteiger partial charge on any atom is 0.416 e. The number of benzene rings is 2. The van der Waals surface area contributed by atoms with Crippen molar-refractivity contribution in [3.8, 4) is 28.0 Å². The summed E-state index contributed by atoms with van der Waals surface area (Å²) in [4.78, 5) is 4.10. The van der Waals surface area contributed by atoms with E-state index in [0.717, 1.165) is 12.1 Å². The molecule has 3 aromatic rings. The average molecular weight is 344 g/mol. The molecule has 1 heterocycles. The van der Waals surface area contributed by atoms with E-state index < -0.39 is 11.7 Å². The number of aromatic hydroxyl groups is 1. The van der Waals surface area contributed by atoms with Crippen LogP contribution in [0.4, 0.5) is 13.2 Å². The van der Waals surface area contributed by atoms with Crippen LogP contribution in [0.5, 0.6) is 5.75 Å². The Balaban J connectivity index is 2.08. The van der Waals surface area contributed by atoms with Crippen molar-refractivity contribution in [1.29, 1.82) is 0 Å². The molecular weight excluding hydrogens is 329 g/mol. The van der Waals surface area contributed by atoms with Crippen molar-refractivity contribution < 1.29 is 18.3 Å². The Morgan fingerprint density at radius 2 is 1.68 bits per heavy atom. The van der Waals surface area contributed by atoms with Gasteiger partial charge in [0.25, 0.3) is 0 Å². The van der Waals surface area contributed by atoms with Gasteiger partial charge in [0, 0.05) is 18.3 Å². The molecule has 0 saturated heterocycles. The molecule has 0 aliphatic carbocycles. The fourth-order valence-electron chi connectivity index (χ4n) is 2.58. The van der Waals surface area contributed by atoms with Gasteiger partial charge in [0.15, 0.2) is 0 Å². The molecule has 2 aromatic carbocycles. The number of alkyl halides is 3. The number of hydrogen-bond donors (Lipinski definition) is 2. The number of hydrogen-bond acceptors (Lipinski definition) is 3. The first-order valence-electron chi connectivity index (χ1n) is 7.54. The lowest BCUT2D eigenvalue weighted by molar-refractivity contribution is -0.137. The Hall–Kier alpha value is -2.86. The highest BCUT2D eigenvalue weighted by molar-refractivity contribution is 5.77.